The molecule has 2 saturated heterocycles. The van der Waals surface area contributed by atoms with Crippen molar-refractivity contribution in [2.45, 2.75) is 45.6 Å². The van der Waals surface area contributed by atoms with Crippen molar-refractivity contribution in [3.05, 3.63) is 15.6 Å². The number of aromatic nitrogens is 1. The lowest BCUT2D eigenvalue weighted by molar-refractivity contribution is -0.140. The summed E-state index contributed by atoms with van der Waals surface area (Å²) in [6.07, 6.45) is 3.15. The van der Waals surface area contributed by atoms with Gasteiger partial charge in [-0.1, -0.05) is 6.92 Å². The molecular formula is C17H26N4O2S. The molecule has 3 heterocycles. The molecule has 0 saturated carbocycles. The van der Waals surface area contributed by atoms with Crippen molar-refractivity contribution in [2.24, 2.45) is 11.7 Å². The predicted molar refractivity (Wildman–Crippen MR) is 94.0 cm³/mol. The first kappa shape index (κ1) is 17.4. The highest BCUT2D eigenvalue weighted by Crippen LogP contribution is 2.32. The molecule has 6 nitrogen and oxygen atoms in total. The second-order valence-corrected chi connectivity index (χ2v) is 7.74. The largest absolute Gasteiger partial charge is 0.338 e. The fourth-order valence-corrected chi connectivity index (χ4v) is 4.88. The van der Waals surface area contributed by atoms with Crippen molar-refractivity contribution in [3.63, 3.8) is 0 Å². The molecule has 2 amide bonds. The number of amides is 2. The highest BCUT2D eigenvalue weighted by molar-refractivity contribution is 7.13. The third kappa shape index (κ3) is 3.19. The van der Waals surface area contributed by atoms with E-state index in [9.17, 15) is 9.59 Å². The number of piperidine rings is 2. The molecule has 1 aromatic rings. The zero-order valence-corrected chi connectivity index (χ0v) is 15.3. The van der Waals surface area contributed by atoms with Gasteiger partial charge in [0.1, 0.15) is 4.88 Å². The third-order valence-corrected chi connectivity index (χ3v) is 6.43. The molecule has 2 aliphatic heterocycles. The van der Waals surface area contributed by atoms with Gasteiger partial charge in [0, 0.05) is 38.6 Å². The standard InChI is InChI=1S/C17H26N4O2S/c1-3-14-19-11(2)16(24-14)17(23)20-8-6-13-12(10-20)4-5-15(22)21(13)9-7-18/h12-13H,3-10,18H2,1-2H3/t12-,13+/m0/s1. The van der Waals surface area contributed by atoms with Crippen LogP contribution in [0.15, 0.2) is 0 Å². The Bertz CT molecular complexity index is 630. The van der Waals surface area contributed by atoms with Crippen molar-refractivity contribution in [3.8, 4) is 0 Å². The van der Waals surface area contributed by atoms with Gasteiger partial charge in [0.05, 0.1) is 10.7 Å². The summed E-state index contributed by atoms with van der Waals surface area (Å²) in [5.74, 6) is 0.684. The van der Waals surface area contributed by atoms with Gasteiger partial charge in [-0.3, -0.25) is 9.59 Å². The number of thiazole rings is 1. The maximum Gasteiger partial charge on any atom is 0.265 e. The van der Waals surface area contributed by atoms with E-state index in [0.717, 1.165) is 41.4 Å². The Balaban J connectivity index is 1.71. The Morgan fingerprint density at radius 3 is 2.88 bits per heavy atom. The lowest BCUT2D eigenvalue weighted by Gasteiger charge is -2.47. The molecule has 132 valence electrons. The molecule has 2 aliphatic rings. The van der Waals surface area contributed by atoms with Gasteiger partial charge in [-0.25, -0.2) is 4.98 Å². The number of carbonyl (C=O) groups is 2. The Morgan fingerprint density at radius 1 is 1.42 bits per heavy atom. The van der Waals surface area contributed by atoms with Crippen molar-refractivity contribution < 1.29 is 9.59 Å². The maximum absolute atomic E-state index is 12.9. The third-order valence-electron chi connectivity index (χ3n) is 5.14. The fraction of sp³-hybridized carbons (Fsp3) is 0.706. The number of hydrogen-bond donors (Lipinski definition) is 1. The summed E-state index contributed by atoms with van der Waals surface area (Å²) in [5, 5.41) is 1.02. The van der Waals surface area contributed by atoms with Crippen LogP contribution in [0.25, 0.3) is 0 Å². The number of carbonyl (C=O) groups excluding carboxylic acids is 2. The molecule has 0 aromatic carbocycles. The molecule has 2 atom stereocenters. The molecule has 2 N–H and O–H groups in total. The first-order valence-electron chi connectivity index (χ1n) is 8.80. The van der Waals surface area contributed by atoms with Gasteiger partial charge in [-0.05, 0) is 32.1 Å². The molecule has 3 rings (SSSR count). The average Bonchev–Trinajstić information content (AvgIpc) is 2.97. The molecule has 24 heavy (non-hydrogen) atoms. The van der Waals surface area contributed by atoms with Crippen molar-refractivity contribution in [2.75, 3.05) is 26.2 Å². The van der Waals surface area contributed by atoms with E-state index in [1.807, 2.05) is 16.7 Å². The van der Waals surface area contributed by atoms with Gasteiger partial charge in [-0.2, -0.15) is 0 Å². The minimum Gasteiger partial charge on any atom is -0.338 e. The van der Waals surface area contributed by atoms with Crippen molar-refractivity contribution in [1.82, 2.24) is 14.8 Å². The van der Waals surface area contributed by atoms with Crippen LogP contribution in [0.2, 0.25) is 0 Å². The summed E-state index contributed by atoms with van der Waals surface area (Å²) in [4.78, 5) is 34.2. The second kappa shape index (κ2) is 7.19. The summed E-state index contributed by atoms with van der Waals surface area (Å²) >= 11 is 1.52. The number of nitrogens with two attached hydrogens (primary N) is 1. The van der Waals surface area contributed by atoms with Crippen LogP contribution < -0.4 is 5.73 Å². The summed E-state index contributed by atoms with van der Waals surface area (Å²) in [5.41, 5.74) is 6.50. The Hall–Kier alpha value is -1.47. The van der Waals surface area contributed by atoms with Gasteiger partial charge in [-0.15, -0.1) is 11.3 Å². The van der Waals surface area contributed by atoms with Crippen molar-refractivity contribution in [1.29, 1.82) is 0 Å². The van der Waals surface area contributed by atoms with Gasteiger partial charge < -0.3 is 15.5 Å². The van der Waals surface area contributed by atoms with Crippen LogP contribution in [0.3, 0.4) is 0 Å². The molecule has 0 spiro atoms. The van der Waals surface area contributed by atoms with E-state index >= 15 is 0 Å². The summed E-state index contributed by atoms with van der Waals surface area (Å²) < 4.78 is 0. The van der Waals surface area contributed by atoms with Gasteiger partial charge in [0.25, 0.3) is 5.91 Å². The molecular weight excluding hydrogens is 324 g/mol. The zero-order chi connectivity index (χ0) is 17.3. The zero-order valence-electron chi connectivity index (χ0n) is 14.5. The highest BCUT2D eigenvalue weighted by Gasteiger charge is 2.40. The fourth-order valence-electron chi connectivity index (χ4n) is 3.91. The van der Waals surface area contributed by atoms with E-state index in [1.54, 1.807) is 0 Å². The Kier molecular flexibility index (Phi) is 5.20. The summed E-state index contributed by atoms with van der Waals surface area (Å²) in [6, 6.07) is 0.243. The van der Waals surface area contributed by atoms with E-state index in [4.69, 9.17) is 5.73 Å². The minimum atomic E-state index is 0.102. The van der Waals surface area contributed by atoms with E-state index in [-0.39, 0.29) is 17.9 Å². The summed E-state index contributed by atoms with van der Waals surface area (Å²) in [7, 11) is 0. The van der Waals surface area contributed by atoms with E-state index in [1.165, 1.54) is 11.3 Å². The normalized spacial score (nSPS) is 24.2. The van der Waals surface area contributed by atoms with E-state index in [0.29, 0.717) is 32.0 Å². The Labute approximate surface area is 147 Å². The first-order chi connectivity index (χ1) is 11.5. The van der Waals surface area contributed by atoms with Crippen molar-refractivity contribution >= 4 is 23.2 Å². The first-order valence-corrected chi connectivity index (χ1v) is 9.61. The quantitative estimate of drug-likeness (QED) is 0.891. The van der Waals surface area contributed by atoms with Crippen LogP contribution in [0.1, 0.15) is 46.6 Å². The number of nitrogens with zero attached hydrogens (tertiary/aromatic N) is 3. The van der Waals surface area contributed by atoms with Crippen LogP contribution in [0.4, 0.5) is 0 Å². The molecule has 1 aromatic heterocycles. The monoisotopic (exact) mass is 350 g/mol. The van der Waals surface area contributed by atoms with E-state index in [2.05, 4.69) is 11.9 Å². The smallest absolute Gasteiger partial charge is 0.265 e. The van der Waals surface area contributed by atoms with Gasteiger partial charge in [0.2, 0.25) is 5.91 Å². The summed E-state index contributed by atoms with van der Waals surface area (Å²) in [6.45, 7) is 6.53. The van der Waals surface area contributed by atoms with Gasteiger partial charge >= 0.3 is 0 Å². The predicted octanol–water partition coefficient (Wildman–Crippen LogP) is 1.43. The Morgan fingerprint density at radius 2 is 2.21 bits per heavy atom. The number of hydrogen-bond acceptors (Lipinski definition) is 5. The second-order valence-electron chi connectivity index (χ2n) is 6.66. The highest BCUT2D eigenvalue weighted by atomic mass is 32.1. The van der Waals surface area contributed by atoms with Crippen LogP contribution >= 0.6 is 11.3 Å². The molecule has 0 bridgehead atoms. The molecule has 2 fully saturated rings. The molecule has 0 unspecified atom stereocenters. The molecule has 7 heteroatoms. The number of fused-ring (bicyclic) bond motifs is 1. The number of aryl methyl sites for hydroxylation is 2. The number of rotatable bonds is 4. The minimum absolute atomic E-state index is 0.102. The maximum atomic E-state index is 12.9. The molecule has 0 aliphatic carbocycles. The van der Waals surface area contributed by atoms with Crippen LogP contribution in [-0.2, 0) is 11.2 Å². The lowest BCUT2D eigenvalue weighted by atomic mass is 9.83. The van der Waals surface area contributed by atoms with E-state index < -0.39 is 0 Å². The lowest BCUT2D eigenvalue weighted by Crippen LogP contribution is -2.57. The SMILES string of the molecule is CCc1nc(C)c(C(=O)N2CC[C@@H]3[C@@H](CCC(=O)N3CCN)C2)s1. The average molecular weight is 350 g/mol. The van der Waals surface area contributed by atoms with Gasteiger partial charge in [0.15, 0.2) is 0 Å². The van der Waals surface area contributed by atoms with Crippen LogP contribution in [-0.4, -0.2) is 58.8 Å². The molecule has 0 radical (unpaired) electrons. The topological polar surface area (TPSA) is 79.5 Å². The van der Waals surface area contributed by atoms with Crippen LogP contribution in [0.5, 0.6) is 0 Å². The van der Waals surface area contributed by atoms with Crippen LogP contribution in [0, 0.1) is 12.8 Å². The number of likely N-dealkylation sites (tertiary alicyclic amines) is 2.